The Morgan fingerprint density at radius 1 is 1.64 bits per heavy atom. The van der Waals surface area contributed by atoms with Gasteiger partial charge in [0.25, 0.3) is 4.60 Å². The van der Waals surface area contributed by atoms with E-state index in [0.717, 1.165) is 10.1 Å². The van der Waals surface area contributed by atoms with Crippen LogP contribution in [0.3, 0.4) is 0 Å². The zero-order valence-corrected chi connectivity index (χ0v) is 7.50. The summed E-state index contributed by atoms with van der Waals surface area (Å²) in [6.45, 7) is 1.84. The second-order valence-electron chi connectivity index (χ2n) is 2.18. The molecule has 0 aliphatic rings. The minimum absolute atomic E-state index is 0.538. The summed E-state index contributed by atoms with van der Waals surface area (Å²) in [5, 5.41) is 8.62. The Bertz CT molecular complexity index is 298. The Labute approximate surface area is 72.4 Å². The summed E-state index contributed by atoms with van der Waals surface area (Å²) in [4.78, 5) is 10.5. The maximum Gasteiger partial charge on any atom is 0.600 e. The van der Waals surface area contributed by atoms with Crippen LogP contribution in [0.15, 0.2) is 22.9 Å². The van der Waals surface area contributed by atoms with Gasteiger partial charge in [-0.3, -0.25) is 0 Å². The zero-order valence-electron chi connectivity index (χ0n) is 5.91. The lowest BCUT2D eigenvalue weighted by molar-refractivity contribution is -0.596. The standard InChI is InChI=1S/C7H6BrNO2/c1-5-2-3-6(8)9(4-5)7(10)11/h2-4H,1H3/p+1. The Morgan fingerprint density at radius 2 is 2.27 bits per heavy atom. The van der Waals surface area contributed by atoms with Crippen LogP contribution in [0.1, 0.15) is 5.56 Å². The molecule has 0 saturated carbocycles. The van der Waals surface area contributed by atoms with Gasteiger partial charge in [-0.25, -0.2) is 0 Å². The molecule has 1 aromatic heterocycles. The second-order valence-corrected chi connectivity index (χ2v) is 2.99. The highest BCUT2D eigenvalue weighted by Gasteiger charge is 2.16. The molecular formula is C7H7BrNO2+. The van der Waals surface area contributed by atoms with Crippen molar-refractivity contribution in [3.05, 3.63) is 28.5 Å². The Balaban J connectivity index is 3.23. The van der Waals surface area contributed by atoms with Crippen LogP contribution in [0.5, 0.6) is 0 Å². The van der Waals surface area contributed by atoms with E-state index in [1.807, 2.05) is 13.0 Å². The molecule has 0 bridgehead atoms. The van der Waals surface area contributed by atoms with Crippen LogP contribution in [-0.4, -0.2) is 11.2 Å². The average molecular weight is 217 g/mol. The first-order valence-electron chi connectivity index (χ1n) is 3.02. The van der Waals surface area contributed by atoms with Crippen LogP contribution in [0, 0.1) is 6.92 Å². The molecule has 0 aliphatic heterocycles. The second kappa shape index (κ2) is 3.00. The molecule has 11 heavy (non-hydrogen) atoms. The summed E-state index contributed by atoms with van der Waals surface area (Å²) in [5.74, 6) is 0. The Hall–Kier alpha value is -0.900. The first-order valence-corrected chi connectivity index (χ1v) is 3.81. The van der Waals surface area contributed by atoms with Crippen molar-refractivity contribution in [1.82, 2.24) is 0 Å². The van der Waals surface area contributed by atoms with Crippen molar-refractivity contribution in [2.45, 2.75) is 6.92 Å². The van der Waals surface area contributed by atoms with E-state index in [0.29, 0.717) is 4.60 Å². The van der Waals surface area contributed by atoms with Gasteiger partial charge in [0.05, 0.1) is 0 Å². The molecule has 0 atom stereocenters. The molecule has 0 aliphatic carbocycles. The molecule has 0 aromatic carbocycles. The number of aromatic nitrogens is 1. The van der Waals surface area contributed by atoms with Gasteiger partial charge >= 0.3 is 6.09 Å². The Morgan fingerprint density at radius 3 is 2.73 bits per heavy atom. The largest absolute Gasteiger partial charge is 0.600 e. The fourth-order valence-electron chi connectivity index (χ4n) is 0.735. The summed E-state index contributed by atoms with van der Waals surface area (Å²) in [7, 11) is 0. The van der Waals surface area contributed by atoms with E-state index in [4.69, 9.17) is 5.11 Å². The van der Waals surface area contributed by atoms with E-state index in [9.17, 15) is 4.79 Å². The van der Waals surface area contributed by atoms with Crippen molar-refractivity contribution in [3.8, 4) is 0 Å². The van der Waals surface area contributed by atoms with Crippen molar-refractivity contribution in [1.29, 1.82) is 0 Å². The first-order chi connectivity index (χ1) is 5.11. The van der Waals surface area contributed by atoms with Crippen LogP contribution < -0.4 is 4.57 Å². The zero-order chi connectivity index (χ0) is 8.43. The number of pyridine rings is 1. The van der Waals surface area contributed by atoms with Gasteiger partial charge in [-0.2, -0.15) is 4.79 Å². The molecule has 58 valence electrons. The molecule has 1 N–H and O–H groups in total. The SMILES string of the molecule is Cc1ccc(Br)[n+](C(=O)O)c1. The molecule has 1 aromatic rings. The van der Waals surface area contributed by atoms with Crippen molar-refractivity contribution in [3.63, 3.8) is 0 Å². The smallest absolute Gasteiger partial charge is 0.427 e. The summed E-state index contributed by atoms with van der Waals surface area (Å²) in [6, 6.07) is 3.53. The highest BCUT2D eigenvalue weighted by Crippen LogP contribution is 2.03. The third-order valence-corrected chi connectivity index (χ3v) is 1.90. The van der Waals surface area contributed by atoms with Crippen LogP contribution in [0.2, 0.25) is 0 Å². The van der Waals surface area contributed by atoms with E-state index in [1.54, 1.807) is 12.3 Å². The highest BCUT2D eigenvalue weighted by atomic mass is 79.9. The number of rotatable bonds is 0. The summed E-state index contributed by atoms with van der Waals surface area (Å²) >= 11 is 3.11. The van der Waals surface area contributed by atoms with E-state index in [-0.39, 0.29) is 0 Å². The molecule has 0 spiro atoms. The molecular weight excluding hydrogens is 210 g/mol. The lowest BCUT2D eigenvalue weighted by Crippen LogP contribution is -2.42. The van der Waals surface area contributed by atoms with Gasteiger partial charge in [-0.05, 0) is 13.0 Å². The van der Waals surface area contributed by atoms with E-state index < -0.39 is 6.09 Å². The van der Waals surface area contributed by atoms with Crippen LogP contribution in [0.25, 0.3) is 0 Å². The lowest BCUT2D eigenvalue weighted by Gasteiger charge is -1.91. The first kappa shape index (κ1) is 8.20. The van der Waals surface area contributed by atoms with Gasteiger partial charge in [0.1, 0.15) is 0 Å². The number of halogens is 1. The molecule has 4 heteroatoms. The number of hydrogen-bond donors (Lipinski definition) is 1. The third kappa shape index (κ3) is 1.77. The summed E-state index contributed by atoms with van der Waals surface area (Å²) in [6.07, 6.45) is 0.562. The van der Waals surface area contributed by atoms with Crippen molar-refractivity contribution >= 4 is 22.0 Å². The fraction of sp³-hybridized carbons (Fsp3) is 0.143. The molecule has 1 heterocycles. The van der Waals surface area contributed by atoms with Crippen molar-refractivity contribution in [2.24, 2.45) is 0 Å². The number of hydrogen-bond acceptors (Lipinski definition) is 1. The monoisotopic (exact) mass is 216 g/mol. The molecule has 0 saturated heterocycles. The third-order valence-electron chi connectivity index (χ3n) is 1.25. The van der Waals surface area contributed by atoms with Gasteiger partial charge in [0.15, 0.2) is 6.20 Å². The number of carboxylic acid groups (broad SMARTS) is 1. The molecule has 3 nitrogen and oxygen atoms in total. The highest BCUT2D eigenvalue weighted by molar-refractivity contribution is 9.10. The molecule has 1 rings (SSSR count). The minimum atomic E-state index is -0.986. The number of aryl methyl sites for hydroxylation is 1. The molecule has 0 radical (unpaired) electrons. The van der Waals surface area contributed by atoms with E-state index in [1.165, 1.54) is 0 Å². The molecule has 0 unspecified atom stereocenters. The van der Waals surface area contributed by atoms with Gasteiger partial charge < -0.3 is 5.11 Å². The minimum Gasteiger partial charge on any atom is -0.427 e. The molecule has 0 fully saturated rings. The topological polar surface area (TPSA) is 41.2 Å². The maximum atomic E-state index is 10.5. The predicted molar refractivity (Wildman–Crippen MR) is 42.5 cm³/mol. The van der Waals surface area contributed by atoms with Gasteiger partial charge in [-0.1, -0.05) is 4.57 Å². The molecule has 0 amide bonds. The average Bonchev–Trinajstić information content (AvgIpc) is 1.94. The summed E-state index contributed by atoms with van der Waals surface area (Å²) < 4.78 is 1.66. The van der Waals surface area contributed by atoms with Crippen LogP contribution >= 0.6 is 15.9 Å². The lowest BCUT2D eigenvalue weighted by atomic mass is 10.3. The van der Waals surface area contributed by atoms with Gasteiger partial charge in [-0.15, -0.1) is 0 Å². The quantitative estimate of drug-likeness (QED) is 0.529. The van der Waals surface area contributed by atoms with Crippen molar-refractivity contribution < 1.29 is 14.5 Å². The maximum absolute atomic E-state index is 10.5. The van der Waals surface area contributed by atoms with Gasteiger partial charge in [0, 0.05) is 27.6 Å². The fourth-order valence-corrected chi connectivity index (χ4v) is 1.12. The van der Waals surface area contributed by atoms with Crippen LogP contribution in [0.4, 0.5) is 4.79 Å². The van der Waals surface area contributed by atoms with E-state index >= 15 is 0 Å². The van der Waals surface area contributed by atoms with Gasteiger partial charge in [0.2, 0.25) is 0 Å². The van der Waals surface area contributed by atoms with E-state index in [2.05, 4.69) is 15.9 Å². The summed E-state index contributed by atoms with van der Waals surface area (Å²) in [5.41, 5.74) is 0.913. The van der Waals surface area contributed by atoms with Crippen LogP contribution in [-0.2, 0) is 0 Å². The number of nitrogens with zero attached hydrogens (tertiary/aromatic N) is 1. The Kier molecular flexibility index (Phi) is 2.24. The predicted octanol–water partition coefficient (Wildman–Crippen LogP) is 1.57. The number of carbonyl (C=O) groups is 1. The normalized spacial score (nSPS) is 9.64. The van der Waals surface area contributed by atoms with Crippen molar-refractivity contribution in [2.75, 3.05) is 0 Å².